The van der Waals surface area contributed by atoms with Crippen molar-refractivity contribution in [1.29, 1.82) is 0 Å². The van der Waals surface area contributed by atoms with E-state index in [4.69, 9.17) is 4.74 Å². The van der Waals surface area contributed by atoms with Crippen molar-refractivity contribution in [2.24, 2.45) is 0 Å². The van der Waals surface area contributed by atoms with Crippen molar-refractivity contribution >= 4 is 22.6 Å². The first-order valence-corrected chi connectivity index (χ1v) is 6.63. The minimum absolute atomic E-state index is 0.452. The second-order valence-corrected chi connectivity index (χ2v) is 4.88. The molecule has 104 valence electrons. The molecule has 1 atom stereocenters. The van der Waals surface area contributed by atoms with E-state index >= 15 is 0 Å². The first kappa shape index (κ1) is 12.7. The molecule has 2 heterocycles. The SMILES string of the molecule is COc1cccc2c(N3CCCC3C(=O)O)ccnc12. The molecule has 3 rings (SSSR count). The first-order chi connectivity index (χ1) is 9.72. The highest BCUT2D eigenvalue weighted by molar-refractivity contribution is 5.96. The number of aromatic nitrogens is 1. The van der Waals surface area contributed by atoms with Crippen LogP contribution >= 0.6 is 0 Å². The van der Waals surface area contributed by atoms with Gasteiger partial charge < -0.3 is 14.7 Å². The summed E-state index contributed by atoms with van der Waals surface area (Å²) in [6.07, 6.45) is 3.28. The minimum atomic E-state index is -0.768. The number of fused-ring (bicyclic) bond motifs is 1. The zero-order valence-electron chi connectivity index (χ0n) is 11.2. The van der Waals surface area contributed by atoms with Crippen LogP contribution in [0.15, 0.2) is 30.5 Å². The van der Waals surface area contributed by atoms with E-state index in [0.717, 1.165) is 29.6 Å². The summed E-state index contributed by atoms with van der Waals surface area (Å²) in [5.74, 6) is -0.0641. The van der Waals surface area contributed by atoms with Crippen LogP contribution in [0, 0.1) is 0 Å². The summed E-state index contributed by atoms with van der Waals surface area (Å²) in [5, 5.41) is 10.3. The Bertz CT molecular complexity index is 657. The van der Waals surface area contributed by atoms with Gasteiger partial charge >= 0.3 is 5.97 Å². The Labute approximate surface area is 116 Å². The number of aliphatic carboxylic acids is 1. The van der Waals surface area contributed by atoms with Crippen LogP contribution in [0.3, 0.4) is 0 Å². The molecule has 0 spiro atoms. The number of anilines is 1. The molecule has 5 heteroatoms. The number of hydrogen-bond donors (Lipinski definition) is 1. The molecule has 1 fully saturated rings. The van der Waals surface area contributed by atoms with Crippen LogP contribution in [0.5, 0.6) is 5.75 Å². The van der Waals surface area contributed by atoms with Gasteiger partial charge in [0.2, 0.25) is 0 Å². The maximum absolute atomic E-state index is 11.4. The molecule has 20 heavy (non-hydrogen) atoms. The molecule has 1 aromatic heterocycles. The molecule has 1 aliphatic rings. The van der Waals surface area contributed by atoms with E-state index in [9.17, 15) is 9.90 Å². The lowest BCUT2D eigenvalue weighted by molar-refractivity contribution is -0.138. The molecule has 1 aliphatic heterocycles. The average Bonchev–Trinajstić information content (AvgIpc) is 2.95. The second-order valence-electron chi connectivity index (χ2n) is 4.88. The van der Waals surface area contributed by atoms with Gasteiger partial charge in [0.1, 0.15) is 17.3 Å². The van der Waals surface area contributed by atoms with E-state index in [1.54, 1.807) is 13.3 Å². The summed E-state index contributed by atoms with van der Waals surface area (Å²) < 4.78 is 5.32. The molecule has 5 nitrogen and oxygen atoms in total. The summed E-state index contributed by atoms with van der Waals surface area (Å²) in [5.41, 5.74) is 1.68. The molecule has 2 aromatic rings. The predicted octanol–water partition coefficient (Wildman–Crippen LogP) is 2.30. The van der Waals surface area contributed by atoms with Crippen molar-refractivity contribution in [2.45, 2.75) is 18.9 Å². The Balaban J connectivity index is 2.14. The van der Waals surface area contributed by atoms with E-state index in [-0.39, 0.29) is 0 Å². The Morgan fingerprint density at radius 3 is 3.05 bits per heavy atom. The smallest absolute Gasteiger partial charge is 0.326 e. The Hall–Kier alpha value is -2.30. The highest BCUT2D eigenvalue weighted by Gasteiger charge is 2.31. The third-order valence-electron chi connectivity index (χ3n) is 3.78. The number of methoxy groups -OCH3 is 1. The molecule has 0 bridgehead atoms. The van der Waals surface area contributed by atoms with Crippen molar-refractivity contribution in [1.82, 2.24) is 4.98 Å². The number of carboxylic acid groups (broad SMARTS) is 1. The number of pyridine rings is 1. The normalized spacial score (nSPS) is 18.4. The van der Waals surface area contributed by atoms with E-state index in [1.807, 2.05) is 29.2 Å². The van der Waals surface area contributed by atoms with Gasteiger partial charge in [-0.2, -0.15) is 0 Å². The molecular weight excluding hydrogens is 256 g/mol. The number of ether oxygens (including phenoxy) is 1. The minimum Gasteiger partial charge on any atom is -0.494 e. The van der Waals surface area contributed by atoms with Gasteiger partial charge in [0.25, 0.3) is 0 Å². The quantitative estimate of drug-likeness (QED) is 0.928. The number of para-hydroxylation sites is 1. The fourth-order valence-corrected chi connectivity index (χ4v) is 2.86. The van der Waals surface area contributed by atoms with Gasteiger partial charge in [0.15, 0.2) is 0 Å². The van der Waals surface area contributed by atoms with E-state index in [2.05, 4.69) is 4.98 Å². The van der Waals surface area contributed by atoms with Crippen molar-refractivity contribution in [3.63, 3.8) is 0 Å². The van der Waals surface area contributed by atoms with Crippen molar-refractivity contribution in [3.05, 3.63) is 30.5 Å². The Morgan fingerprint density at radius 1 is 1.45 bits per heavy atom. The molecule has 1 saturated heterocycles. The van der Waals surface area contributed by atoms with E-state index < -0.39 is 12.0 Å². The number of carbonyl (C=O) groups is 1. The van der Waals surface area contributed by atoms with Crippen LogP contribution < -0.4 is 9.64 Å². The van der Waals surface area contributed by atoms with Crippen LogP contribution in [0.4, 0.5) is 5.69 Å². The van der Waals surface area contributed by atoms with E-state index in [0.29, 0.717) is 12.2 Å². The van der Waals surface area contributed by atoms with Gasteiger partial charge in [-0.25, -0.2) is 4.79 Å². The largest absolute Gasteiger partial charge is 0.494 e. The van der Waals surface area contributed by atoms with Crippen molar-refractivity contribution < 1.29 is 14.6 Å². The zero-order valence-corrected chi connectivity index (χ0v) is 11.2. The maximum Gasteiger partial charge on any atom is 0.326 e. The third kappa shape index (κ3) is 1.95. The standard InChI is InChI=1S/C15H16N2O3/c1-20-13-6-2-4-10-11(7-8-16-14(10)13)17-9-3-5-12(17)15(18)19/h2,4,6-8,12H,3,5,9H2,1H3,(H,18,19). The van der Waals surface area contributed by atoms with Gasteiger partial charge in [-0.1, -0.05) is 12.1 Å². The van der Waals surface area contributed by atoms with Crippen LogP contribution in [0.1, 0.15) is 12.8 Å². The average molecular weight is 272 g/mol. The Morgan fingerprint density at radius 2 is 2.30 bits per heavy atom. The van der Waals surface area contributed by atoms with Crippen LogP contribution in [0.2, 0.25) is 0 Å². The monoisotopic (exact) mass is 272 g/mol. The molecule has 1 unspecified atom stereocenters. The highest BCUT2D eigenvalue weighted by atomic mass is 16.5. The summed E-state index contributed by atoms with van der Waals surface area (Å²) >= 11 is 0. The molecule has 0 radical (unpaired) electrons. The van der Waals surface area contributed by atoms with E-state index in [1.165, 1.54) is 0 Å². The lowest BCUT2D eigenvalue weighted by Gasteiger charge is -2.25. The Kier molecular flexibility index (Phi) is 3.18. The summed E-state index contributed by atoms with van der Waals surface area (Å²) in [7, 11) is 1.61. The van der Waals surface area contributed by atoms with Crippen LogP contribution in [-0.4, -0.2) is 35.8 Å². The summed E-state index contributed by atoms with van der Waals surface area (Å²) in [6, 6.07) is 7.14. The highest BCUT2D eigenvalue weighted by Crippen LogP contribution is 2.34. The van der Waals surface area contributed by atoms with Crippen LogP contribution in [0.25, 0.3) is 10.9 Å². The predicted molar refractivity (Wildman–Crippen MR) is 76.3 cm³/mol. The summed E-state index contributed by atoms with van der Waals surface area (Å²) in [6.45, 7) is 0.757. The molecule has 0 aliphatic carbocycles. The fraction of sp³-hybridized carbons (Fsp3) is 0.333. The van der Waals surface area contributed by atoms with Gasteiger partial charge in [0.05, 0.1) is 7.11 Å². The third-order valence-corrected chi connectivity index (χ3v) is 3.78. The molecule has 0 amide bonds. The number of benzene rings is 1. The zero-order chi connectivity index (χ0) is 14.1. The van der Waals surface area contributed by atoms with Gasteiger partial charge in [-0.3, -0.25) is 4.98 Å². The number of carboxylic acids is 1. The van der Waals surface area contributed by atoms with Gasteiger partial charge in [-0.15, -0.1) is 0 Å². The second kappa shape index (κ2) is 5.00. The lowest BCUT2D eigenvalue weighted by atomic mass is 10.1. The van der Waals surface area contributed by atoms with Gasteiger partial charge in [-0.05, 0) is 25.0 Å². The van der Waals surface area contributed by atoms with Crippen molar-refractivity contribution in [2.75, 3.05) is 18.6 Å². The molecule has 1 N–H and O–H groups in total. The lowest BCUT2D eigenvalue weighted by Crippen LogP contribution is -2.36. The summed E-state index contributed by atoms with van der Waals surface area (Å²) in [4.78, 5) is 17.7. The van der Waals surface area contributed by atoms with Crippen molar-refractivity contribution in [3.8, 4) is 5.75 Å². The first-order valence-electron chi connectivity index (χ1n) is 6.63. The molecular formula is C15H16N2O3. The number of hydrogen-bond acceptors (Lipinski definition) is 4. The topological polar surface area (TPSA) is 62.7 Å². The maximum atomic E-state index is 11.4. The fourth-order valence-electron chi connectivity index (χ4n) is 2.86. The molecule has 1 aromatic carbocycles. The van der Waals surface area contributed by atoms with Crippen LogP contribution in [-0.2, 0) is 4.79 Å². The molecule has 0 saturated carbocycles. The van der Waals surface area contributed by atoms with Gasteiger partial charge in [0, 0.05) is 23.8 Å². The number of rotatable bonds is 3. The number of nitrogens with zero attached hydrogens (tertiary/aromatic N) is 2.